The second-order valence-electron chi connectivity index (χ2n) is 6.44. The van der Waals surface area contributed by atoms with Crippen molar-refractivity contribution in [1.82, 2.24) is 15.3 Å². The Morgan fingerprint density at radius 1 is 1.00 bits per heavy atom. The highest BCUT2D eigenvalue weighted by Crippen LogP contribution is 2.25. The van der Waals surface area contributed by atoms with Crippen molar-refractivity contribution in [2.75, 3.05) is 5.32 Å². The predicted molar refractivity (Wildman–Crippen MR) is 109 cm³/mol. The van der Waals surface area contributed by atoms with Crippen molar-refractivity contribution in [2.24, 2.45) is 0 Å². The summed E-state index contributed by atoms with van der Waals surface area (Å²) >= 11 is 0. The number of amides is 1. The number of fused-ring (bicyclic) bond motifs is 1. The zero-order valence-electron chi connectivity index (χ0n) is 15.4. The number of carbonyl (C=O) groups excluding carboxylic acids is 1. The number of aromatic nitrogens is 2. The minimum absolute atomic E-state index is 0.139. The highest BCUT2D eigenvalue weighted by molar-refractivity contribution is 5.93. The number of hydrogen-bond donors (Lipinski definition) is 2. The Labute approximate surface area is 162 Å². The molecule has 2 heterocycles. The van der Waals surface area contributed by atoms with Gasteiger partial charge in [0.15, 0.2) is 5.82 Å². The molecule has 4 aromatic rings. The maximum Gasteiger partial charge on any atom is 0.242 e. The standard InChI is InChI=1S/C22H20N4O2/c1-15(22(27)23-14-17-10-7-13-28-17)24-21-18-11-5-6-12-19(18)25-20(26-21)16-8-3-2-4-9-16/h2-13,15H,14H2,1H3,(H,23,27)(H,24,25,26). The zero-order chi connectivity index (χ0) is 19.3. The summed E-state index contributed by atoms with van der Waals surface area (Å²) in [4.78, 5) is 21.8. The number of carbonyl (C=O) groups is 1. The molecule has 0 saturated carbocycles. The lowest BCUT2D eigenvalue weighted by Gasteiger charge is -2.16. The van der Waals surface area contributed by atoms with Crippen LogP contribution in [0.5, 0.6) is 0 Å². The topological polar surface area (TPSA) is 80.0 Å². The third-order valence-electron chi connectivity index (χ3n) is 4.40. The van der Waals surface area contributed by atoms with E-state index in [1.165, 1.54) is 0 Å². The van der Waals surface area contributed by atoms with Gasteiger partial charge < -0.3 is 15.1 Å². The Balaban J connectivity index is 1.59. The maximum atomic E-state index is 12.5. The molecule has 4 rings (SSSR count). The second-order valence-corrected chi connectivity index (χ2v) is 6.44. The van der Waals surface area contributed by atoms with Gasteiger partial charge in [0.25, 0.3) is 0 Å². The molecule has 1 amide bonds. The smallest absolute Gasteiger partial charge is 0.242 e. The molecule has 0 saturated heterocycles. The van der Waals surface area contributed by atoms with E-state index < -0.39 is 6.04 Å². The molecular weight excluding hydrogens is 352 g/mol. The molecule has 1 unspecified atom stereocenters. The lowest BCUT2D eigenvalue weighted by atomic mass is 10.1. The summed E-state index contributed by atoms with van der Waals surface area (Å²) in [5.41, 5.74) is 1.74. The van der Waals surface area contributed by atoms with E-state index in [1.807, 2.05) is 60.7 Å². The first-order chi connectivity index (χ1) is 13.7. The normalized spacial score (nSPS) is 11.9. The van der Waals surface area contributed by atoms with Crippen LogP contribution in [0.1, 0.15) is 12.7 Å². The van der Waals surface area contributed by atoms with Crippen molar-refractivity contribution in [3.63, 3.8) is 0 Å². The molecule has 140 valence electrons. The minimum atomic E-state index is -0.475. The molecule has 2 aromatic carbocycles. The van der Waals surface area contributed by atoms with Crippen molar-refractivity contribution in [2.45, 2.75) is 19.5 Å². The van der Waals surface area contributed by atoms with Gasteiger partial charge in [0.1, 0.15) is 17.6 Å². The van der Waals surface area contributed by atoms with Gasteiger partial charge in [-0.3, -0.25) is 4.79 Å². The van der Waals surface area contributed by atoms with Gasteiger partial charge in [0.05, 0.1) is 18.3 Å². The monoisotopic (exact) mass is 372 g/mol. The van der Waals surface area contributed by atoms with Crippen LogP contribution in [0.2, 0.25) is 0 Å². The van der Waals surface area contributed by atoms with E-state index in [0.29, 0.717) is 23.9 Å². The molecule has 0 aliphatic rings. The van der Waals surface area contributed by atoms with Crippen LogP contribution < -0.4 is 10.6 Å². The van der Waals surface area contributed by atoms with Crippen LogP contribution in [0.4, 0.5) is 5.82 Å². The van der Waals surface area contributed by atoms with Gasteiger partial charge in [-0.2, -0.15) is 0 Å². The minimum Gasteiger partial charge on any atom is -0.467 e. The number of benzene rings is 2. The first kappa shape index (κ1) is 17.7. The second kappa shape index (κ2) is 7.92. The summed E-state index contributed by atoms with van der Waals surface area (Å²) < 4.78 is 5.25. The molecule has 1 atom stereocenters. The van der Waals surface area contributed by atoms with Crippen molar-refractivity contribution >= 4 is 22.6 Å². The van der Waals surface area contributed by atoms with Crippen molar-refractivity contribution < 1.29 is 9.21 Å². The van der Waals surface area contributed by atoms with Gasteiger partial charge in [0.2, 0.25) is 5.91 Å². The SMILES string of the molecule is CC(Nc1nc(-c2ccccc2)nc2ccccc12)C(=O)NCc1ccco1. The van der Waals surface area contributed by atoms with E-state index in [0.717, 1.165) is 16.5 Å². The molecule has 6 heteroatoms. The fraction of sp³-hybridized carbons (Fsp3) is 0.136. The first-order valence-electron chi connectivity index (χ1n) is 9.09. The number of nitrogens with zero attached hydrogens (tertiary/aromatic N) is 2. The molecule has 0 bridgehead atoms. The average Bonchev–Trinajstić information content (AvgIpc) is 3.26. The fourth-order valence-corrected chi connectivity index (χ4v) is 2.91. The fourth-order valence-electron chi connectivity index (χ4n) is 2.91. The highest BCUT2D eigenvalue weighted by atomic mass is 16.3. The summed E-state index contributed by atoms with van der Waals surface area (Å²) in [6.07, 6.45) is 1.58. The van der Waals surface area contributed by atoms with Crippen LogP contribution in [-0.4, -0.2) is 21.9 Å². The molecule has 0 aliphatic heterocycles. The van der Waals surface area contributed by atoms with E-state index in [4.69, 9.17) is 4.42 Å². The van der Waals surface area contributed by atoms with E-state index in [9.17, 15) is 4.79 Å². The Kier molecular flexibility index (Phi) is 5.01. The third kappa shape index (κ3) is 3.86. The van der Waals surface area contributed by atoms with Crippen LogP contribution in [-0.2, 0) is 11.3 Å². The molecule has 28 heavy (non-hydrogen) atoms. The Hall–Kier alpha value is -3.67. The maximum absolute atomic E-state index is 12.5. The molecule has 2 N–H and O–H groups in total. The number of nitrogens with one attached hydrogen (secondary N) is 2. The molecular formula is C22H20N4O2. The van der Waals surface area contributed by atoms with Crippen molar-refractivity contribution in [3.8, 4) is 11.4 Å². The number of anilines is 1. The number of furan rings is 1. The number of para-hydroxylation sites is 1. The van der Waals surface area contributed by atoms with Crippen LogP contribution >= 0.6 is 0 Å². The number of hydrogen-bond acceptors (Lipinski definition) is 5. The quantitative estimate of drug-likeness (QED) is 0.535. The molecule has 0 aliphatic carbocycles. The summed E-state index contributed by atoms with van der Waals surface area (Å²) in [5, 5.41) is 6.96. The van der Waals surface area contributed by atoms with Crippen LogP contribution in [0.25, 0.3) is 22.3 Å². The van der Waals surface area contributed by atoms with Crippen LogP contribution in [0, 0.1) is 0 Å². The Bertz CT molecular complexity index is 1080. The molecule has 0 spiro atoms. The largest absolute Gasteiger partial charge is 0.467 e. The first-order valence-corrected chi connectivity index (χ1v) is 9.09. The molecule has 2 aromatic heterocycles. The molecule has 0 fully saturated rings. The highest BCUT2D eigenvalue weighted by Gasteiger charge is 2.16. The Morgan fingerprint density at radius 3 is 2.57 bits per heavy atom. The predicted octanol–water partition coefficient (Wildman–Crippen LogP) is 4.01. The van der Waals surface area contributed by atoms with Crippen LogP contribution in [0.15, 0.2) is 77.4 Å². The lowest BCUT2D eigenvalue weighted by molar-refractivity contribution is -0.121. The Morgan fingerprint density at radius 2 is 1.79 bits per heavy atom. The third-order valence-corrected chi connectivity index (χ3v) is 4.40. The zero-order valence-corrected chi connectivity index (χ0v) is 15.4. The average molecular weight is 372 g/mol. The number of rotatable bonds is 6. The van der Waals surface area contributed by atoms with Gasteiger partial charge in [-0.15, -0.1) is 0 Å². The van der Waals surface area contributed by atoms with E-state index in [1.54, 1.807) is 19.3 Å². The lowest BCUT2D eigenvalue weighted by Crippen LogP contribution is -2.37. The van der Waals surface area contributed by atoms with E-state index >= 15 is 0 Å². The molecule has 6 nitrogen and oxygen atoms in total. The summed E-state index contributed by atoms with van der Waals surface area (Å²) in [6.45, 7) is 2.15. The van der Waals surface area contributed by atoms with Gasteiger partial charge in [-0.1, -0.05) is 42.5 Å². The molecule has 0 radical (unpaired) electrons. The summed E-state index contributed by atoms with van der Waals surface area (Å²) in [5.74, 6) is 1.81. The van der Waals surface area contributed by atoms with Crippen LogP contribution in [0.3, 0.4) is 0 Å². The van der Waals surface area contributed by atoms with E-state index in [-0.39, 0.29) is 5.91 Å². The van der Waals surface area contributed by atoms with E-state index in [2.05, 4.69) is 20.6 Å². The van der Waals surface area contributed by atoms with Crippen molar-refractivity contribution in [1.29, 1.82) is 0 Å². The van der Waals surface area contributed by atoms with Gasteiger partial charge in [-0.05, 0) is 31.2 Å². The van der Waals surface area contributed by atoms with Crippen molar-refractivity contribution in [3.05, 3.63) is 78.8 Å². The summed E-state index contributed by atoms with van der Waals surface area (Å²) in [7, 11) is 0. The van der Waals surface area contributed by atoms with Gasteiger partial charge in [-0.25, -0.2) is 9.97 Å². The van der Waals surface area contributed by atoms with Gasteiger partial charge in [0, 0.05) is 10.9 Å². The summed E-state index contributed by atoms with van der Waals surface area (Å²) in [6, 6.07) is 20.7. The van der Waals surface area contributed by atoms with Gasteiger partial charge >= 0.3 is 0 Å².